The first-order chi connectivity index (χ1) is 23.7. The second-order valence-electron chi connectivity index (χ2n) is 15.5. The Morgan fingerprint density at radius 1 is 1.04 bits per heavy atom. The Labute approximate surface area is 294 Å². The molecule has 272 valence electrons. The summed E-state index contributed by atoms with van der Waals surface area (Å²) in [4.78, 5) is 62.4. The zero-order valence-electron chi connectivity index (χ0n) is 29.1. The minimum Gasteiger partial charge on any atom is -0.446 e. The number of alkyl carbamates (subject to hydrolysis) is 1. The Balaban J connectivity index is 1.24. The van der Waals surface area contributed by atoms with E-state index in [1.807, 2.05) is 39.0 Å². The van der Waals surface area contributed by atoms with Crippen LogP contribution in [0.3, 0.4) is 0 Å². The predicted molar refractivity (Wildman–Crippen MR) is 185 cm³/mol. The molecule has 3 saturated carbocycles. The normalized spacial score (nSPS) is 27.9. The number of fused-ring (bicyclic) bond motifs is 1. The maximum absolute atomic E-state index is 14.4. The van der Waals surface area contributed by atoms with Gasteiger partial charge in [-0.25, -0.2) is 13.2 Å². The zero-order chi connectivity index (χ0) is 35.8. The van der Waals surface area contributed by atoms with Gasteiger partial charge in [0.15, 0.2) is 0 Å². The maximum Gasteiger partial charge on any atom is 0.408 e. The van der Waals surface area contributed by atoms with Crippen LogP contribution < -0.4 is 15.4 Å². The van der Waals surface area contributed by atoms with Crippen molar-refractivity contribution in [3.63, 3.8) is 0 Å². The number of nitrogens with one attached hydrogen (secondary N) is 3. The van der Waals surface area contributed by atoms with E-state index in [2.05, 4.69) is 33.2 Å². The number of carbonyl (C=O) groups excluding carboxylic acids is 4. The Bertz CT molecular complexity index is 1660. The van der Waals surface area contributed by atoms with E-state index >= 15 is 0 Å². The highest BCUT2D eigenvalue weighted by molar-refractivity contribution is 7.91. The molecule has 5 aliphatic rings. The molecule has 50 heavy (non-hydrogen) atoms. The van der Waals surface area contributed by atoms with E-state index in [9.17, 15) is 27.6 Å². The van der Waals surface area contributed by atoms with Crippen molar-refractivity contribution in [2.24, 2.45) is 16.5 Å². The molecule has 4 aliphatic carbocycles. The minimum absolute atomic E-state index is 0.00141. The first-order valence-corrected chi connectivity index (χ1v) is 19.4. The molecule has 4 amide bonds. The van der Waals surface area contributed by atoms with Crippen LogP contribution in [-0.2, 0) is 40.4 Å². The van der Waals surface area contributed by atoms with E-state index in [4.69, 9.17) is 9.57 Å². The van der Waals surface area contributed by atoms with E-state index in [0.29, 0.717) is 12.8 Å². The molecule has 1 saturated heterocycles. The third-order valence-electron chi connectivity index (χ3n) is 10.5. The second kappa shape index (κ2) is 14.0. The number of hydrogen-bond acceptors (Lipinski definition) is 9. The fourth-order valence-electron chi connectivity index (χ4n) is 7.34. The standard InChI is InChI=1S/C36H49N5O8S/c1-5-23-20-36(23,33(44)40-50(46,47)26-17-18-26)38-31(42)29-19-25(49-39-28-16-10-12-22-11-6-9-15-27(22)28)21-41(29)32(43)30(35(2,3)4)37-34(45)48-24-13-7-8-14-24/h5-6,9,11,15,23-26,29-30H,1,7-8,10,12-14,16-21H2,2-4H3,(H,37,45)(H,38,42)(H,40,44)/b39-28+/t23-,25-,29+,30-,36+/m1/s1. The van der Waals surface area contributed by atoms with Crippen molar-refractivity contribution in [2.45, 2.75) is 126 Å². The third kappa shape index (κ3) is 7.69. The number of benzene rings is 1. The molecule has 0 aromatic heterocycles. The van der Waals surface area contributed by atoms with Crippen LogP contribution in [0.15, 0.2) is 42.1 Å². The topological polar surface area (TPSA) is 173 Å². The number of aryl methyl sites for hydroxylation is 1. The van der Waals surface area contributed by atoms with Gasteiger partial charge >= 0.3 is 6.09 Å². The van der Waals surface area contributed by atoms with Crippen molar-refractivity contribution in [3.05, 3.63) is 48.0 Å². The molecule has 1 aliphatic heterocycles. The molecule has 1 heterocycles. The lowest BCUT2D eigenvalue weighted by atomic mass is 9.85. The summed E-state index contributed by atoms with van der Waals surface area (Å²) in [7, 11) is -3.87. The van der Waals surface area contributed by atoms with Gasteiger partial charge in [0.2, 0.25) is 21.8 Å². The van der Waals surface area contributed by atoms with Gasteiger partial charge in [0.25, 0.3) is 5.91 Å². The van der Waals surface area contributed by atoms with Gasteiger partial charge in [0, 0.05) is 17.9 Å². The summed E-state index contributed by atoms with van der Waals surface area (Å²) in [5.74, 6) is -2.46. The van der Waals surface area contributed by atoms with Crippen molar-refractivity contribution in [1.82, 2.24) is 20.3 Å². The van der Waals surface area contributed by atoms with Gasteiger partial charge in [-0.2, -0.15) is 0 Å². The molecule has 14 heteroatoms. The lowest BCUT2D eigenvalue weighted by molar-refractivity contribution is -0.143. The first-order valence-electron chi connectivity index (χ1n) is 17.8. The molecule has 1 aromatic rings. The number of sulfonamides is 1. The molecule has 0 bridgehead atoms. The van der Waals surface area contributed by atoms with Crippen LogP contribution >= 0.6 is 0 Å². The highest BCUT2D eigenvalue weighted by atomic mass is 32.2. The van der Waals surface area contributed by atoms with Gasteiger partial charge in [-0.3, -0.25) is 19.1 Å². The van der Waals surface area contributed by atoms with E-state index in [1.54, 1.807) is 0 Å². The number of hydrogen-bond donors (Lipinski definition) is 3. The number of rotatable bonds is 11. The Kier molecular flexibility index (Phi) is 10.0. The first kappa shape index (κ1) is 35.9. The van der Waals surface area contributed by atoms with E-state index in [1.165, 1.54) is 16.5 Å². The molecule has 4 fully saturated rings. The molecular formula is C36H49N5O8S. The number of nitrogens with zero attached hydrogens (tertiary/aromatic N) is 2. The van der Waals surface area contributed by atoms with Crippen LogP contribution in [0.5, 0.6) is 0 Å². The van der Waals surface area contributed by atoms with E-state index in [0.717, 1.165) is 56.2 Å². The largest absolute Gasteiger partial charge is 0.446 e. The maximum atomic E-state index is 14.4. The smallest absolute Gasteiger partial charge is 0.408 e. The van der Waals surface area contributed by atoms with Crippen molar-refractivity contribution in [2.75, 3.05) is 6.54 Å². The SMILES string of the molecule is C=C[C@@H]1C[C@@]1(NC(=O)[C@@H]1C[C@@H](O/N=C2\CCCc3ccccc32)CN1C(=O)[C@@H](NC(=O)OC1CCCC1)C(C)(C)C)C(=O)NS(=O)(=O)C1CC1. The fourth-order valence-corrected chi connectivity index (χ4v) is 8.71. The molecule has 5 atom stereocenters. The van der Waals surface area contributed by atoms with Gasteiger partial charge in [-0.05, 0) is 75.2 Å². The number of likely N-dealkylation sites (tertiary alicyclic amines) is 1. The Morgan fingerprint density at radius 2 is 1.76 bits per heavy atom. The lowest BCUT2D eigenvalue weighted by Crippen LogP contribution is -2.60. The van der Waals surface area contributed by atoms with Gasteiger partial charge < -0.3 is 25.1 Å². The highest BCUT2D eigenvalue weighted by Crippen LogP contribution is 2.45. The molecule has 0 radical (unpaired) electrons. The third-order valence-corrected chi connectivity index (χ3v) is 12.4. The molecule has 6 rings (SSSR count). The predicted octanol–water partition coefficient (Wildman–Crippen LogP) is 3.47. The van der Waals surface area contributed by atoms with Gasteiger partial charge in [-0.15, -0.1) is 6.58 Å². The highest BCUT2D eigenvalue weighted by Gasteiger charge is 2.62. The molecule has 3 N–H and O–H groups in total. The summed E-state index contributed by atoms with van der Waals surface area (Å²) < 4.78 is 33.1. The quantitative estimate of drug-likeness (QED) is 0.231. The summed E-state index contributed by atoms with van der Waals surface area (Å²) in [6, 6.07) is 5.85. The summed E-state index contributed by atoms with van der Waals surface area (Å²) in [5, 5.41) is 9.45. The fraction of sp³-hybridized carbons (Fsp3) is 0.639. The van der Waals surface area contributed by atoms with Crippen LogP contribution in [-0.4, -0.2) is 84.5 Å². The summed E-state index contributed by atoms with van der Waals surface area (Å²) in [5.41, 5.74) is 0.697. The van der Waals surface area contributed by atoms with Gasteiger partial charge in [0.1, 0.15) is 29.8 Å². The van der Waals surface area contributed by atoms with E-state index in [-0.39, 0.29) is 25.5 Å². The van der Waals surface area contributed by atoms with Crippen molar-refractivity contribution >= 4 is 39.5 Å². The van der Waals surface area contributed by atoms with Crippen LogP contribution in [0, 0.1) is 11.3 Å². The molecule has 0 spiro atoms. The van der Waals surface area contributed by atoms with Crippen LogP contribution in [0.4, 0.5) is 4.79 Å². The Hall–Kier alpha value is -3.94. The van der Waals surface area contributed by atoms with Crippen LogP contribution in [0.2, 0.25) is 0 Å². The molecule has 0 unspecified atom stereocenters. The zero-order valence-corrected chi connectivity index (χ0v) is 29.9. The van der Waals surface area contributed by atoms with Crippen LogP contribution in [0.1, 0.15) is 96.1 Å². The second-order valence-corrected chi connectivity index (χ2v) is 17.4. The average molecular weight is 712 g/mol. The number of carbonyl (C=O) groups is 4. The van der Waals surface area contributed by atoms with Crippen molar-refractivity contribution in [1.29, 1.82) is 0 Å². The number of oxime groups is 1. The summed E-state index contributed by atoms with van der Waals surface area (Å²) in [6.07, 6.45) is 7.18. The van der Waals surface area contributed by atoms with E-state index < -0.39 is 74.1 Å². The average Bonchev–Trinajstić information content (AvgIpc) is 3.95. The molecule has 1 aromatic carbocycles. The minimum atomic E-state index is -3.87. The number of ether oxygens (including phenoxy) is 1. The molecular weight excluding hydrogens is 662 g/mol. The van der Waals surface area contributed by atoms with Crippen molar-refractivity contribution in [3.8, 4) is 0 Å². The monoisotopic (exact) mass is 711 g/mol. The van der Waals surface area contributed by atoms with Gasteiger partial charge in [-0.1, -0.05) is 56.3 Å². The number of amides is 4. The summed E-state index contributed by atoms with van der Waals surface area (Å²) >= 11 is 0. The summed E-state index contributed by atoms with van der Waals surface area (Å²) in [6.45, 7) is 9.22. The van der Waals surface area contributed by atoms with Crippen LogP contribution in [0.25, 0.3) is 0 Å². The lowest BCUT2D eigenvalue weighted by Gasteiger charge is -2.35. The Morgan fingerprint density at radius 3 is 2.42 bits per heavy atom. The van der Waals surface area contributed by atoms with Crippen molar-refractivity contribution < 1.29 is 37.2 Å². The molecule has 13 nitrogen and oxygen atoms in total. The van der Waals surface area contributed by atoms with Gasteiger partial charge in [0.05, 0.1) is 17.5 Å².